The van der Waals surface area contributed by atoms with E-state index in [1.54, 1.807) is 6.07 Å². The molecular formula is C16H15BrN2O2. The molecule has 0 unspecified atom stereocenters. The molecule has 0 saturated carbocycles. The third-order valence-electron chi connectivity index (χ3n) is 3.32. The van der Waals surface area contributed by atoms with E-state index in [9.17, 15) is 4.79 Å². The van der Waals surface area contributed by atoms with Gasteiger partial charge in [0.15, 0.2) is 0 Å². The van der Waals surface area contributed by atoms with Crippen molar-refractivity contribution in [3.63, 3.8) is 0 Å². The highest BCUT2D eigenvalue weighted by Gasteiger charge is 2.11. The second kappa shape index (κ2) is 6.18. The SMILES string of the molecule is O=C(Nc1ccc(Br)cc1)Oc1ccc2c(c1)CCCN2. The average molecular weight is 347 g/mol. The van der Waals surface area contributed by atoms with Crippen molar-refractivity contribution in [3.05, 3.63) is 52.5 Å². The molecule has 108 valence electrons. The van der Waals surface area contributed by atoms with Crippen LogP contribution in [0.1, 0.15) is 12.0 Å². The van der Waals surface area contributed by atoms with Crippen molar-refractivity contribution < 1.29 is 9.53 Å². The fourth-order valence-electron chi connectivity index (χ4n) is 2.30. The van der Waals surface area contributed by atoms with Gasteiger partial charge in [-0.3, -0.25) is 5.32 Å². The van der Waals surface area contributed by atoms with Gasteiger partial charge in [0, 0.05) is 22.4 Å². The number of nitrogens with one attached hydrogen (secondary N) is 2. The van der Waals surface area contributed by atoms with Gasteiger partial charge in [0.1, 0.15) is 5.75 Å². The lowest BCUT2D eigenvalue weighted by Crippen LogP contribution is -2.17. The van der Waals surface area contributed by atoms with Crippen molar-refractivity contribution in [2.45, 2.75) is 12.8 Å². The molecule has 3 rings (SSSR count). The molecule has 0 atom stereocenters. The monoisotopic (exact) mass is 346 g/mol. The van der Waals surface area contributed by atoms with Crippen LogP contribution in [0, 0.1) is 0 Å². The van der Waals surface area contributed by atoms with Crippen LogP contribution in [0.2, 0.25) is 0 Å². The predicted octanol–water partition coefficient (Wildman–Crippen LogP) is 4.42. The lowest BCUT2D eigenvalue weighted by Gasteiger charge is -2.18. The molecule has 0 bridgehead atoms. The summed E-state index contributed by atoms with van der Waals surface area (Å²) in [4.78, 5) is 11.9. The largest absolute Gasteiger partial charge is 0.417 e. The molecule has 4 nitrogen and oxygen atoms in total. The topological polar surface area (TPSA) is 50.4 Å². The van der Waals surface area contributed by atoms with Crippen LogP contribution in [-0.2, 0) is 6.42 Å². The van der Waals surface area contributed by atoms with Crippen LogP contribution in [-0.4, -0.2) is 12.6 Å². The van der Waals surface area contributed by atoms with Gasteiger partial charge in [-0.15, -0.1) is 0 Å². The first-order valence-corrected chi connectivity index (χ1v) is 7.61. The summed E-state index contributed by atoms with van der Waals surface area (Å²) in [5.41, 5.74) is 3.01. The number of rotatable bonds is 2. The highest BCUT2D eigenvalue weighted by Crippen LogP contribution is 2.26. The summed E-state index contributed by atoms with van der Waals surface area (Å²) < 4.78 is 6.29. The van der Waals surface area contributed by atoms with Crippen molar-refractivity contribution in [1.82, 2.24) is 0 Å². The number of benzene rings is 2. The van der Waals surface area contributed by atoms with Crippen LogP contribution >= 0.6 is 15.9 Å². The molecule has 5 heteroatoms. The molecule has 1 heterocycles. The maximum atomic E-state index is 11.9. The summed E-state index contributed by atoms with van der Waals surface area (Å²) in [6, 6.07) is 13.0. The first-order chi connectivity index (χ1) is 10.2. The Morgan fingerprint density at radius 2 is 2.00 bits per heavy atom. The molecule has 0 aromatic heterocycles. The molecule has 2 N–H and O–H groups in total. The van der Waals surface area contributed by atoms with Gasteiger partial charge in [0.05, 0.1) is 0 Å². The Morgan fingerprint density at radius 1 is 1.19 bits per heavy atom. The second-order valence-corrected chi connectivity index (χ2v) is 5.79. The minimum Gasteiger partial charge on any atom is -0.410 e. The number of carbonyl (C=O) groups is 1. The number of fused-ring (bicyclic) bond motifs is 1. The zero-order valence-electron chi connectivity index (χ0n) is 11.4. The molecular weight excluding hydrogens is 332 g/mol. The van der Waals surface area contributed by atoms with Gasteiger partial charge in [-0.1, -0.05) is 15.9 Å². The van der Waals surface area contributed by atoms with E-state index in [0.29, 0.717) is 11.4 Å². The van der Waals surface area contributed by atoms with Crippen molar-refractivity contribution in [1.29, 1.82) is 0 Å². The van der Waals surface area contributed by atoms with Crippen molar-refractivity contribution >= 4 is 33.4 Å². The Hall–Kier alpha value is -2.01. The van der Waals surface area contributed by atoms with Gasteiger partial charge in [-0.25, -0.2) is 4.79 Å². The molecule has 1 amide bonds. The van der Waals surface area contributed by atoms with Crippen molar-refractivity contribution in [2.24, 2.45) is 0 Å². The third kappa shape index (κ3) is 3.55. The Morgan fingerprint density at radius 3 is 2.81 bits per heavy atom. The van der Waals surface area contributed by atoms with Crippen LogP contribution in [0.4, 0.5) is 16.2 Å². The normalized spacial score (nSPS) is 13.0. The van der Waals surface area contributed by atoms with Crippen LogP contribution in [0.5, 0.6) is 5.75 Å². The van der Waals surface area contributed by atoms with Crippen LogP contribution in [0.25, 0.3) is 0 Å². The number of hydrogen-bond acceptors (Lipinski definition) is 3. The molecule has 1 aliphatic rings. The third-order valence-corrected chi connectivity index (χ3v) is 3.84. The minimum atomic E-state index is -0.485. The Balaban J connectivity index is 1.65. The van der Waals surface area contributed by atoms with E-state index in [1.807, 2.05) is 36.4 Å². The molecule has 0 aliphatic carbocycles. The lowest BCUT2D eigenvalue weighted by atomic mass is 10.0. The van der Waals surface area contributed by atoms with E-state index in [0.717, 1.165) is 29.5 Å². The maximum absolute atomic E-state index is 11.9. The number of hydrogen-bond donors (Lipinski definition) is 2. The fraction of sp³-hybridized carbons (Fsp3) is 0.188. The van der Waals surface area contributed by atoms with Gasteiger partial charge < -0.3 is 10.1 Å². The molecule has 0 fully saturated rings. The van der Waals surface area contributed by atoms with Gasteiger partial charge in [0.25, 0.3) is 0 Å². The van der Waals surface area contributed by atoms with E-state index < -0.39 is 6.09 Å². The van der Waals surface area contributed by atoms with E-state index in [2.05, 4.69) is 26.6 Å². The van der Waals surface area contributed by atoms with Crippen LogP contribution < -0.4 is 15.4 Å². The summed E-state index contributed by atoms with van der Waals surface area (Å²) in [7, 11) is 0. The number of amides is 1. The molecule has 21 heavy (non-hydrogen) atoms. The van der Waals surface area contributed by atoms with Crippen molar-refractivity contribution in [3.8, 4) is 5.75 Å². The molecule has 2 aromatic carbocycles. The maximum Gasteiger partial charge on any atom is 0.417 e. The number of anilines is 2. The van der Waals surface area contributed by atoms with Gasteiger partial charge in [0.2, 0.25) is 0 Å². The van der Waals surface area contributed by atoms with E-state index in [1.165, 1.54) is 5.56 Å². The fourth-order valence-corrected chi connectivity index (χ4v) is 2.56. The molecule has 0 spiro atoms. The molecule has 2 aromatic rings. The van der Waals surface area contributed by atoms with E-state index in [-0.39, 0.29) is 0 Å². The predicted molar refractivity (Wildman–Crippen MR) is 87.0 cm³/mol. The number of carbonyl (C=O) groups excluding carboxylic acids is 1. The quantitative estimate of drug-likeness (QED) is 0.846. The molecule has 0 radical (unpaired) electrons. The zero-order chi connectivity index (χ0) is 14.7. The number of ether oxygens (including phenoxy) is 1. The standard InChI is InChI=1S/C16H15BrN2O2/c17-12-3-5-13(6-4-12)19-16(20)21-14-7-8-15-11(10-14)2-1-9-18-15/h3-8,10,18H,1-2,9H2,(H,19,20). The van der Waals surface area contributed by atoms with E-state index in [4.69, 9.17) is 4.74 Å². The summed E-state index contributed by atoms with van der Waals surface area (Å²) in [5, 5.41) is 6.03. The second-order valence-electron chi connectivity index (χ2n) is 4.87. The number of aryl methyl sites for hydroxylation is 1. The lowest BCUT2D eigenvalue weighted by molar-refractivity contribution is 0.215. The summed E-state index contributed by atoms with van der Waals surface area (Å²) in [5.74, 6) is 0.562. The first kappa shape index (κ1) is 13.9. The highest BCUT2D eigenvalue weighted by molar-refractivity contribution is 9.10. The van der Waals surface area contributed by atoms with Gasteiger partial charge in [-0.2, -0.15) is 0 Å². The number of halogens is 1. The summed E-state index contributed by atoms with van der Waals surface area (Å²) in [6.07, 6.45) is 1.62. The highest BCUT2D eigenvalue weighted by atomic mass is 79.9. The van der Waals surface area contributed by atoms with Crippen molar-refractivity contribution in [2.75, 3.05) is 17.2 Å². The Labute approximate surface area is 131 Å². The average Bonchev–Trinajstić information content (AvgIpc) is 2.49. The Kier molecular flexibility index (Phi) is 4.10. The summed E-state index contributed by atoms with van der Waals surface area (Å²) >= 11 is 3.35. The smallest absolute Gasteiger partial charge is 0.410 e. The minimum absolute atomic E-state index is 0.485. The zero-order valence-corrected chi connectivity index (χ0v) is 12.9. The molecule has 0 saturated heterocycles. The van der Waals surface area contributed by atoms with Gasteiger partial charge in [-0.05, 0) is 60.9 Å². The summed E-state index contributed by atoms with van der Waals surface area (Å²) in [6.45, 7) is 0.997. The van der Waals surface area contributed by atoms with Crippen LogP contribution in [0.3, 0.4) is 0 Å². The Bertz CT molecular complexity index is 656. The molecule has 1 aliphatic heterocycles. The van der Waals surface area contributed by atoms with E-state index >= 15 is 0 Å². The van der Waals surface area contributed by atoms with Gasteiger partial charge >= 0.3 is 6.09 Å². The first-order valence-electron chi connectivity index (χ1n) is 6.82. The van der Waals surface area contributed by atoms with Crippen LogP contribution in [0.15, 0.2) is 46.9 Å².